The molecule has 204 valence electrons. The van der Waals surface area contributed by atoms with Crippen LogP contribution < -0.4 is 0 Å². The highest BCUT2D eigenvalue weighted by Gasteiger charge is 2.43. The Morgan fingerprint density at radius 3 is 1.14 bits per heavy atom. The summed E-state index contributed by atoms with van der Waals surface area (Å²) in [6.07, 6.45) is 7.85. The maximum atomic E-state index is 13.1. The molecule has 0 aliphatic heterocycles. The number of carbonyl (C=O) groups excluding carboxylic acids is 4. The lowest BCUT2D eigenvalue weighted by molar-refractivity contribution is 0.0973. The zero-order chi connectivity index (χ0) is 29.3. The molecule has 6 heteroatoms. The maximum absolute atomic E-state index is 13.1. The highest BCUT2D eigenvalue weighted by atomic mass is 32.1. The van der Waals surface area contributed by atoms with Gasteiger partial charge in [0.25, 0.3) is 0 Å². The van der Waals surface area contributed by atoms with E-state index < -0.39 is 0 Å². The van der Waals surface area contributed by atoms with Crippen LogP contribution in [-0.4, -0.2) is 23.1 Å². The number of Topliss-reactive ketones (excluding diaryl/α,β-unsaturated/α-hetero) is 4. The second kappa shape index (κ2) is 8.18. The van der Waals surface area contributed by atoms with Crippen LogP contribution in [0, 0.1) is 0 Å². The summed E-state index contributed by atoms with van der Waals surface area (Å²) in [5.74, 6) is -0.838. The molecule has 0 saturated heterocycles. The van der Waals surface area contributed by atoms with E-state index in [0.717, 1.165) is 20.9 Å². The van der Waals surface area contributed by atoms with E-state index in [2.05, 4.69) is 39.8 Å². The molecule has 0 N–H and O–H groups in total. The van der Waals surface area contributed by atoms with E-state index in [-0.39, 0.29) is 45.1 Å². The van der Waals surface area contributed by atoms with Gasteiger partial charge in [0.2, 0.25) is 0 Å². The first-order valence-electron chi connectivity index (χ1n) is 13.8. The molecule has 42 heavy (non-hydrogen) atoms. The molecule has 2 aromatic heterocycles. The number of allylic oxidation sites excluding steroid dienone is 6. The smallest absolute Gasteiger partial charge is 0.197 e. The molecule has 0 saturated carbocycles. The molecule has 0 radical (unpaired) electrons. The fraction of sp³-hybridized carbons (Fsp3) is 0.167. The first kappa shape index (κ1) is 25.5. The number of benzene rings is 2. The van der Waals surface area contributed by atoms with E-state index in [1.807, 2.05) is 0 Å². The van der Waals surface area contributed by atoms with Crippen molar-refractivity contribution in [3.63, 3.8) is 0 Å². The number of ketones is 4. The molecular weight excluding hydrogens is 561 g/mol. The van der Waals surface area contributed by atoms with Crippen molar-refractivity contribution in [1.29, 1.82) is 0 Å². The predicted octanol–water partition coefficient (Wildman–Crippen LogP) is 8.32. The van der Waals surface area contributed by atoms with Gasteiger partial charge in [0.15, 0.2) is 23.1 Å². The van der Waals surface area contributed by atoms with E-state index in [1.54, 1.807) is 83.4 Å². The van der Waals surface area contributed by atoms with E-state index >= 15 is 0 Å². The lowest BCUT2D eigenvalue weighted by atomic mass is 9.79. The lowest BCUT2D eigenvalue weighted by Crippen LogP contribution is -2.17. The predicted molar refractivity (Wildman–Crippen MR) is 168 cm³/mol. The van der Waals surface area contributed by atoms with Crippen LogP contribution >= 0.6 is 22.7 Å². The summed E-state index contributed by atoms with van der Waals surface area (Å²) in [6.45, 7) is 8.62. The Kier molecular flexibility index (Phi) is 4.96. The Labute approximate surface area is 250 Å². The van der Waals surface area contributed by atoms with Crippen molar-refractivity contribution in [3.05, 3.63) is 126 Å². The molecule has 4 aromatic rings. The number of hydrogen-bond donors (Lipinski definition) is 0. The number of rotatable bonds is 2. The van der Waals surface area contributed by atoms with E-state index in [9.17, 15) is 19.2 Å². The van der Waals surface area contributed by atoms with Gasteiger partial charge in [0, 0.05) is 42.8 Å². The molecular formula is C36H24O4S2. The van der Waals surface area contributed by atoms with E-state index in [1.165, 1.54) is 20.5 Å². The summed E-state index contributed by atoms with van der Waals surface area (Å²) in [7, 11) is 0. The summed E-state index contributed by atoms with van der Waals surface area (Å²) in [5, 5.41) is 0. The van der Waals surface area contributed by atoms with Gasteiger partial charge in [-0.25, -0.2) is 0 Å². The van der Waals surface area contributed by atoms with Gasteiger partial charge >= 0.3 is 0 Å². The minimum Gasteiger partial charge on any atom is -0.288 e. The number of hydrogen-bond acceptors (Lipinski definition) is 6. The van der Waals surface area contributed by atoms with Crippen LogP contribution in [0.2, 0.25) is 0 Å². The first-order valence-corrected chi connectivity index (χ1v) is 15.5. The molecule has 0 bridgehead atoms. The Hall–Kier alpha value is -4.26. The SMILES string of the molecule is CC1(C)C(C=C2C(=O)c3ccccc3C2=O)=Cc2sc3c4c(sc3c21)C=C(C=C1C(=O)c2ccccc2C1=O)C4(C)C. The molecule has 0 amide bonds. The van der Waals surface area contributed by atoms with Gasteiger partial charge in [-0.2, -0.15) is 0 Å². The van der Waals surface area contributed by atoms with Crippen molar-refractivity contribution in [2.45, 2.75) is 38.5 Å². The highest BCUT2D eigenvalue weighted by Crippen LogP contribution is 2.58. The largest absolute Gasteiger partial charge is 0.288 e. The lowest BCUT2D eigenvalue weighted by Gasteiger charge is -2.23. The Morgan fingerprint density at radius 2 is 0.833 bits per heavy atom. The molecule has 4 aliphatic rings. The third-order valence-corrected chi connectivity index (χ3v) is 11.7. The molecule has 4 nitrogen and oxygen atoms in total. The summed E-state index contributed by atoms with van der Waals surface area (Å²) in [4.78, 5) is 54.6. The van der Waals surface area contributed by atoms with Crippen LogP contribution in [-0.2, 0) is 10.8 Å². The van der Waals surface area contributed by atoms with Crippen molar-refractivity contribution >= 4 is 67.4 Å². The van der Waals surface area contributed by atoms with E-state index in [0.29, 0.717) is 22.3 Å². The topological polar surface area (TPSA) is 68.3 Å². The number of fused-ring (bicyclic) bond motifs is 7. The van der Waals surface area contributed by atoms with Gasteiger partial charge in [-0.15, -0.1) is 22.7 Å². The first-order chi connectivity index (χ1) is 20.0. The van der Waals surface area contributed by atoms with Crippen molar-refractivity contribution in [1.82, 2.24) is 0 Å². The molecule has 0 spiro atoms. The van der Waals surface area contributed by atoms with Gasteiger partial charge in [0.1, 0.15) is 0 Å². The molecule has 2 aromatic carbocycles. The molecule has 8 rings (SSSR count). The Morgan fingerprint density at radius 1 is 0.524 bits per heavy atom. The molecule has 0 fully saturated rings. The van der Waals surface area contributed by atoms with Crippen LogP contribution in [0.15, 0.2) is 83.0 Å². The summed E-state index contributed by atoms with van der Waals surface area (Å²) in [6, 6.07) is 14.0. The molecule has 2 heterocycles. The van der Waals surface area contributed by atoms with Crippen LogP contribution in [0.3, 0.4) is 0 Å². The second-order valence-electron chi connectivity index (χ2n) is 12.3. The maximum Gasteiger partial charge on any atom is 0.197 e. The number of carbonyl (C=O) groups is 4. The number of thiophene rings is 2. The molecule has 4 aliphatic carbocycles. The van der Waals surface area contributed by atoms with Gasteiger partial charge in [-0.3, -0.25) is 19.2 Å². The Balaban J connectivity index is 1.18. The summed E-state index contributed by atoms with van der Waals surface area (Å²) >= 11 is 3.47. The summed E-state index contributed by atoms with van der Waals surface area (Å²) < 4.78 is 2.44. The van der Waals surface area contributed by atoms with Gasteiger partial charge < -0.3 is 0 Å². The van der Waals surface area contributed by atoms with Crippen molar-refractivity contribution in [3.8, 4) is 0 Å². The fourth-order valence-corrected chi connectivity index (χ4v) is 10.3. The zero-order valence-electron chi connectivity index (χ0n) is 23.4. The third kappa shape index (κ3) is 3.11. The van der Waals surface area contributed by atoms with Crippen LogP contribution in [0.4, 0.5) is 0 Å². The Bertz CT molecular complexity index is 1920. The van der Waals surface area contributed by atoms with Crippen LogP contribution in [0.5, 0.6) is 0 Å². The quantitative estimate of drug-likeness (QED) is 0.176. The van der Waals surface area contributed by atoms with Crippen LogP contribution in [0.1, 0.15) is 90.0 Å². The monoisotopic (exact) mass is 584 g/mol. The molecule has 0 atom stereocenters. The zero-order valence-corrected chi connectivity index (χ0v) is 25.0. The molecule has 0 unspecified atom stereocenters. The van der Waals surface area contributed by atoms with E-state index in [4.69, 9.17) is 0 Å². The summed E-state index contributed by atoms with van der Waals surface area (Å²) in [5.41, 5.74) is 5.96. The van der Waals surface area contributed by atoms with Gasteiger partial charge in [-0.1, -0.05) is 76.2 Å². The average Bonchev–Trinajstić information content (AvgIpc) is 3.72. The van der Waals surface area contributed by atoms with Crippen molar-refractivity contribution < 1.29 is 19.2 Å². The van der Waals surface area contributed by atoms with Gasteiger partial charge in [0.05, 0.1) is 20.5 Å². The minimum atomic E-state index is -0.387. The van der Waals surface area contributed by atoms with Crippen molar-refractivity contribution in [2.24, 2.45) is 0 Å². The third-order valence-electron chi connectivity index (χ3n) is 9.25. The van der Waals surface area contributed by atoms with Crippen LogP contribution in [0.25, 0.3) is 21.6 Å². The van der Waals surface area contributed by atoms with Gasteiger partial charge in [-0.05, 0) is 46.6 Å². The second-order valence-corrected chi connectivity index (χ2v) is 14.4. The highest BCUT2D eigenvalue weighted by molar-refractivity contribution is 7.29. The van der Waals surface area contributed by atoms with Crippen molar-refractivity contribution in [2.75, 3.05) is 0 Å². The minimum absolute atomic E-state index is 0.210. The normalized spacial score (nSPS) is 19.2. The average molecular weight is 585 g/mol. The fourth-order valence-electron chi connectivity index (χ4n) is 6.85. The standard InChI is InChI=1S/C36H24O4S2/c1-35(2)17(13-23-29(37)19-9-5-6-10-20(19)30(23)38)15-25-27(35)33-34(41-25)28-26(42-33)16-18(36(28,3)4)14-24-31(39)21-11-7-8-12-22(21)32(24)40/h5-16H,1-4H3.